The van der Waals surface area contributed by atoms with E-state index >= 15 is 0 Å². The molecule has 0 aliphatic heterocycles. The maximum atomic E-state index is 12.5. The molecule has 6 heteroatoms. The molecular weight excluding hydrogens is 292 g/mol. The summed E-state index contributed by atoms with van der Waals surface area (Å²) >= 11 is 0. The van der Waals surface area contributed by atoms with Crippen LogP contribution in [0.25, 0.3) is 0 Å². The van der Waals surface area contributed by atoms with Crippen molar-refractivity contribution in [2.75, 3.05) is 13.2 Å². The first-order valence-corrected chi connectivity index (χ1v) is 8.49. The molecule has 0 bridgehead atoms. The number of unbranched alkanes of at least 4 members (excludes halogenated alkanes) is 1. The van der Waals surface area contributed by atoms with Crippen LogP contribution in [0.3, 0.4) is 0 Å². The highest BCUT2D eigenvalue weighted by Crippen LogP contribution is 2.49. The fourth-order valence-electron chi connectivity index (χ4n) is 3.23. The van der Waals surface area contributed by atoms with E-state index in [0.29, 0.717) is 19.6 Å². The first-order valence-electron chi connectivity index (χ1n) is 8.49. The Balaban J connectivity index is 1.72. The quantitative estimate of drug-likeness (QED) is 0.713. The highest BCUT2D eigenvalue weighted by atomic mass is 16.5. The van der Waals surface area contributed by atoms with Crippen molar-refractivity contribution in [2.24, 2.45) is 11.1 Å². The van der Waals surface area contributed by atoms with Crippen molar-refractivity contribution in [3.05, 3.63) is 18.2 Å². The predicted molar refractivity (Wildman–Crippen MR) is 89.9 cm³/mol. The number of nitrogens with one attached hydrogen (secondary N) is 1. The van der Waals surface area contributed by atoms with Gasteiger partial charge in [0.15, 0.2) is 0 Å². The second-order valence-corrected chi connectivity index (χ2v) is 6.97. The summed E-state index contributed by atoms with van der Waals surface area (Å²) in [4.78, 5) is 16.6. The Labute approximate surface area is 138 Å². The van der Waals surface area contributed by atoms with Gasteiger partial charge in [0.2, 0.25) is 5.91 Å². The molecule has 23 heavy (non-hydrogen) atoms. The zero-order chi connectivity index (χ0) is 17.1. The van der Waals surface area contributed by atoms with Crippen LogP contribution in [0.2, 0.25) is 0 Å². The number of aromatic nitrogens is 2. The fraction of sp³-hybridized carbons (Fsp3) is 0.765. The Kier molecular flexibility index (Phi) is 5.47. The van der Waals surface area contributed by atoms with Gasteiger partial charge in [-0.1, -0.05) is 13.8 Å². The van der Waals surface area contributed by atoms with Crippen LogP contribution in [0.5, 0.6) is 0 Å². The number of nitrogens with zero attached hydrogens (tertiary/aromatic N) is 2. The molecular formula is C17H30N4O2. The van der Waals surface area contributed by atoms with Crippen LogP contribution in [0.1, 0.15) is 45.9 Å². The van der Waals surface area contributed by atoms with E-state index in [1.807, 2.05) is 40.1 Å². The van der Waals surface area contributed by atoms with Gasteiger partial charge in [0.05, 0.1) is 6.10 Å². The second-order valence-electron chi connectivity index (χ2n) is 6.97. The Bertz CT molecular complexity index is 540. The molecule has 1 fully saturated rings. The second kappa shape index (κ2) is 7.01. The highest BCUT2D eigenvalue weighted by molar-refractivity contribution is 5.88. The van der Waals surface area contributed by atoms with Gasteiger partial charge < -0.3 is 20.4 Å². The third kappa shape index (κ3) is 3.43. The zero-order valence-electron chi connectivity index (χ0n) is 14.8. The van der Waals surface area contributed by atoms with Crippen molar-refractivity contribution >= 4 is 5.91 Å². The molecule has 130 valence electrons. The molecule has 0 radical (unpaired) electrons. The molecule has 1 aromatic rings. The molecule has 2 atom stereocenters. The van der Waals surface area contributed by atoms with E-state index in [1.54, 1.807) is 0 Å². The average molecular weight is 322 g/mol. The number of carbonyl (C=O) groups is 1. The maximum absolute atomic E-state index is 12.5. The van der Waals surface area contributed by atoms with E-state index < -0.39 is 5.54 Å². The average Bonchev–Trinajstić information content (AvgIpc) is 2.91. The summed E-state index contributed by atoms with van der Waals surface area (Å²) < 4.78 is 7.78. The highest BCUT2D eigenvalue weighted by Gasteiger charge is 2.62. The summed E-state index contributed by atoms with van der Waals surface area (Å²) in [5, 5.41) is 2.99. The van der Waals surface area contributed by atoms with Crippen molar-refractivity contribution in [1.82, 2.24) is 14.9 Å². The molecule has 1 aliphatic rings. The van der Waals surface area contributed by atoms with Crippen LogP contribution in [0, 0.1) is 12.3 Å². The predicted octanol–water partition coefficient (Wildman–Crippen LogP) is 1.62. The van der Waals surface area contributed by atoms with Crippen molar-refractivity contribution in [1.29, 1.82) is 0 Å². The largest absolute Gasteiger partial charge is 0.378 e. The third-order valence-corrected chi connectivity index (χ3v) is 5.27. The molecule has 0 saturated heterocycles. The minimum Gasteiger partial charge on any atom is -0.378 e. The van der Waals surface area contributed by atoms with Crippen LogP contribution in [0.4, 0.5) is 0 Å². The van der Waals surface area contributed by atoms with Crippen LogP contribution in [-0.4, -0.2) is 40.3 Å². The lowest BCUT2D eigenvalue weighted by atomic mass is 9.54. The Morgan fingerprint density at radius 3 is 2.83 bits per heavy atom. The van der Waals surface area contributed by atoms with Gasteiger partial charge in [-0.05, 0) is 26.7 Å². The van der Waals surface area contributed by atoms with E-state index in [-0.39, 0.29) is 17.4 Å². The van der Waals surface area contributed by atoms with Gasteiger partial charge in [-0.25, -0.2) is 4.98 Å². The normalized spacial score (nSPS) is 25.9. The van der Waals surface area contributed by atoms with Gasteiger partial charge in [0.1, 0.15) is 11.4 Å². The van der Waals surface area contributed by atoms with Crippen molar-refractivity contribution in [3.8, 4) is 0 Å². The van der Waals surface area contributed by atoms with E-state index in [4.69, 9.17) is 10.5 Å². The first-order chi connectivity index (χ1) is 10.8. The Morgan fingerprint density at radius 2 is 2.26 bits per heavy atom. The van der Waals surface area contributed by atoms with Gasteiger partial charge >= 0.3 is 0 Å². The number of aryl methyl sites for hydroxylation is 2. The Morgan fingerprint density at radius 1 is 1.52 bits per heavy atom. The zero-order valence-corrected chi connectivity index (χ0v) is 14.8. The van der Waals surface area contributed by atoms with E-state index in [0.717, 1.165) is 25.2 Å². The molecule has 6 nitrogen and oxygen atoms in total. The van der Waals surface area contributed by atoms with E-state index in [2.05, 4.69) is 14.9 Å². The maximum Gasteiger partial charge on any atom is 0.240 e. The third-order valence-electron chi connectivity index (χ3n) is 5.27. The van der Waals surface area contributed by atoms with Gasteiger partial charge in [0, 0.05) is 43.9 Å². The molecule has 1 heterocycles. The molecule has 1 aromatic heterocycles. The van der Waals surface area contributed by atoms with E-state index in [1.165, 1.54) is 0 Å². The Hall–Kier alpha value is -1.40. The molecule has 2 rings (SSSR count). The van der Waals surface area contributed by atoms with Crippen molar-refractivity contribution in [2.45, 2.75) is 65.1 Å². The minimum absolute atomic E-state index is 0.0581. The summed E-state index contributed by atoms with van der Waals surface area (Å²) in [7, 11) is 0. The first kappa shape index (κ1) is 17.9. The van der Waals surface area contributed by atoms with Gasteiger partial charge in [-0.15, -0.1) is 0 Å². The van der Waals surface area contributed by atoms with Crippen molar-refractivity contribution in [3.63, 3.8) is 0 Å². The molecule has 1 aliphatic carbocycles. The van der Waals surface area contributed by atoms with Gasteiger partial charge in [-0.3, -0.25) is 4.79 Å². The molecule has 3 N–H and O–H groups in total. The van der Waals surface area contributed by atoms with Gasteiger partial charge in [0.25, 0.3) is 0 Å². The SMILES string of the molecule is CCOC1CC(N)(C(=O)NCCCCn2ccnc2C)C1(C)C. The van der Waals surface area contributed by atoms with Crippen molar-refractivity contribution < 1.29 is 9.53 Å². The number of amides is 1. The summed E-state index contributed by atoms with van der Waals surface area (Å²) in [6.07, 6.45) is 6.37. The van der Waals surface area contributed by atoms with Crippen LogP contribution < -0.4 is 11.1 Å². The number of ether oxygens (including phenoxy) is 1. The lowest BCUT2D eigenvalue weighted by molar-refractivity contribution is -0.170. The summed E-state index contributed by atoms with van der Waals surface area (Å²) in [6.45, 7) is 10.2. The number of carbonyl (C=O) groups excluding carboxylic acids is 1. The summed E-state index contributed by atoms with van der Waals surface area (Å²) in [5.41, 5.74) is 5.19. The number of rotatable bonds is 8. The molecule has 1 saturated carbocycles. The van der Waals surface area contributed by atoms with Gasteiger partial charge in [-0.2, -0.15) is 0 Å². The van der Waals surface area contributed by atoms with E-state index in [9.17, 15) is 4.79 Å². The minimum atomic E-state index is -0.826. The monoisotopic (exact) mass is 322 g/mol. The molecule has 2 unspecified atom stereocenters. The smallest absolute Gasteiger partial charge is 0.240 e. The van der Waals surface area contributed by atoms with Crippen LogP contribution in [-0.2, 0) is 16.1 Å². The molecule has 0 spiro atoms. The fourth-order valence-corrected chi connectivity index (χ4v) is 3.23. The lowest BCUT2D eigenvalue weighted by Gasteiger charge is -2.57. The summed E-state index contributed by atoms with van der Waals surface area (Å²) in [5.74, 6) is 0.963. The number of imidazole rings is 1. The van der Waals surface area contributed by atoms with Crippen LogP contribution in [0.15, 0.2) is 12.4 Å². The topological polar surface area (TPSA) is 82.2 Å². The molecule has 1 amide bonds. The number of hydrogen-bond donors (Lipinski definition) is 2. The molecule has 0 aromatic carbocycles. The van der Waals surface area contributed by atoms with Crippen LogP contribution >= 0.6 is 0 Å². The number of hydrogen-bond acceptors (Lipinski definition) is 4. The lowest BCUT2D eigenvalue weighted by Crippen LogP contribution is -2.75. The standard InChI is InChI=1S/C17H30N4O2/c1-5-23-14-12-17(18,16(14,3)4)15(22)20-8-6-7-10-21-11-9-19-13(21)2/h9,11,14H,5-8,10,12,18H2,1-4H3,(H,20,22). The number of nitrogens with two attached hydrogens (primary N) is 1. The summed E-state index contributed by atoms with van der Waals surface area (Å²) in [6, 6.07) is 0.